The van der Waals surface area contributed by atoms with Crippen molar-refractivity contribution >= 4 is 0 Å². The molecule has 0 saturated heterocycles. The fourth-order valence-electron chi connectivity index (χ4n) is 15.5. The first kappa shape index (κ1) is 16.9. The zero-order valence-electron chi connectivity index (χ0n) is 19.5. The molecule has 0 aromatic carbocycles. The Hall–Kier alpha value is 0. The van der Waals surface area contributed by atoms with Crippen LogP contribution < -0.4 is 0 Å². The summed E-state index contributed by atoms with van der Waals surface area (Å²) in [5.41, 5.74) is 3.92. The summed E-state index contributed by atoms with van der Waals surface area (Å²) in [6, 6.07) is 0. The summed E-state index contributed by atoms with van der Waals surface area (Å²) >= 11 is 0. The van der Waals surface area contributed by atoms with E-state index >= 15 is 0 Å². The van der Waals surface area contributed by atoms with Crippen LogP contribution in [0.3, 0.4) is 0 Å². The van der Waals surface area contributed by atoms with Crippen LogP contribution in [0.4, 0.5) is 0 Å². The van der Waals surface area contributed by atoms with Gasteiger partial charge in [-0.2, -0.15) is 0 Å². The standard InChI is InChI=1S/C26H42/c1-13-17-14(2)20(6)19(13,5)23(9)24(20,10)26(12)22(8)16(4)18(17)15(3)21(22,7)25(23,26)11/h13-18H,1-12H3. The molecule has 7 aliphatic carbocycles. The minimum absolute atomic E-state index is 0.483. The minimum Gasteiger partial charge on any atom is -0.0617 e. The van der Waals surface area contributed by atoms with Crippen LogP contribution in [0.15, 0.2) is 0 Å². The van der Waals surface area contributed by atoms with Gasteiger partial charge in [0.25, 0.3) is 0 Å². The highest BCUT2D eigenvalue weighted by molar-refractivity contribution is 5.57. The molecular formula is C26H42. The van der Waals surface area contributed by atoms with E-state index in [1.165, 1.54) is 0 Å². The summed E-state index contributed by atoms with van der Waals surface area (Å²) in [6.45, 7) is 32.8. The van der Waals surface area contributed by atoms with Gasteiger partial charge in [-0.25, -0.2) is 0 Å². The molecule has 6 bridgehead atoms. The summed E-state index contributed by atoms with van der Waals surface area (Å²) in [4.78, 5) is 0. The summed E-state index contributed by atoms with van der Waals surface area (Å²) < 4.78 is 0. The lowest BCUT2D eigenvalue weighted by molar-refractivity contribution is -0.617. The third-order valence-corrected chi connectivity index (χ3v) is 16.7. The lowest BCUT2D eigenvalue weighted by atomic mass is 8.95. The molecule has 0 N–H and O–H groups in total. The maximum absolute atomic E-state index is 2.77. The Morgan fingerprint density at radius 1 is 0.346 bits per heavy atom. The normalized spacial score (nSPS) is 85.4. The number of hydrogen-bond donors (Lipinski definition) is 0. The largest absolute Gasteiger partial charge is 0.0617 e. The van der Waals surface area contributed by atoms with Crippen molar-refractivity contribution in [2.24, 2.45) is 78.8 Å². The molecule has 8 unspecified atom stereocenters. The van der Waals surface area contributed by atoms with Gasteiger partial charge in [0.2, 0.25) is 0 Å². The second kappa shape index (κ2) is 3.31. The Kier molecular flexibility index (Phi) is 2.15. The van der Waals surface area contributed by atoms with Gasteiger partial charge >= 0.3 is 0 Å². The van der Waals surface area contributed by atoms with Gasteiger partial charge in [0.15, 0.2) is 0 Å². The van der Waals surface area contributed by atoms with E-state index in [0.29, 0.717) is 43.3 Å². The maximum atomic E-state index is 2.77. The average Bonchev–Trinajstić information content (AvgIpc) is 2.85. The monoisotopic (exact) mass is 354 g/mol. The molecule has 0 aromatic rings. The van der Waals surface area contributed by atoms with Crippen molar-refractivity contribution in [1.82, 2.24) is 0 Å². The van der Waals surface area contributed by atoms with Crippen molar-refractivity contribution in [2.45, 2.75) is 83.1 Å². The maximum Gasteiger partial charge on any atom is -0.0134 e. The fraction of sp³-hybridized carbons (Fsp3) is 1.00. The van der Waals surface area contributed by atoms with E-state index in [0.717, 1.165) is 35.5 Å². The molecule has 7 fully saturated rings. The Morgan fingerprint density at radius 2 is 0.500 bits per heavy atom. The van der Waals surface area contributed by atoms with Gasteiger partial charge in [0, 0.05) is 0 Å². The lowest BCUT2D eigenvalue weighted by Gasteiger charge is -3.08. The highest BCUT2D eigenvalue weighted by Crippen LogP contribution is 3.15. The molecule has 0 aromatic heterocycles. The molecule has 0 aliphatic heterocycles. The van der Waals surface area contributed by atoms with Gasteiger partial charge in [-0.15, -0.1) is 0 Å². The van der Waals surface area contributed by atoms with E-state index in [9.17, 15) is 0 Å². The first-order valence-corrected chi connectivity index (χ1v) is 11.6. The second-order valence-electron chi connectivity index (χ2n) is 13.6. The molecule has 7 saturated carbocycles. The van der Waals surface area contributed by atoms with Gasteiger partial charge in [-0.05, 0) is 78.8 Å². The number of hydrogen-bond acceptors (Lipinski definition) is 0. The van der Waals surface area contributed by atoms with E-state index < -0.39 is 0 Å². The van der Waals surface area contributed by atoms with Gasteiger partial charge in [-0.3, -0.25) is 0 Å². The van der Waals surface area contributed by atoms with E-state index in [1.54, 1.807) is 0 Å². The smallest absolute Gasteiger partial charge is 0.0134 e. The van der Waals surface area contributed by atoms with Crippen LogP contribution in [-0.4, -0.2) is 0 Å². The van der Waals surface area contributed by atoms with Crippen molar-refractivity contribution in [3.05, 3.63) is 0 Å². The van der Waals surface area contributed by atoms with Crippen LogP contribution in [-0.2, 0) is 0 Å². The summed E-state index contributed by atoms with van der Waals surface area (Å²) in [5.74, 6) is 5.30. The van der Waals surface area contributed by atoms with Crippen LogP contribution in [0.5, 0.6) is 0 Å². The Balaban J connectivity index is 1.83. The topological polar surface area (TPSA) is 0 Å². The molecule has 26 heavy (non-hydrogen) atoms. The van der Waals surface area contributed by atoms with Crippen molar-refractivity contribution in [2.75, 3.05) is 0 Å². The minimum atomic E-state index is 0.483. The van der Waals surface area contributed by atoms with Gasteiger partial charge < -0.3 is 0 Å². The molecule has 146 valence electrons. The Labute approximate surface area is 162 Å². The van der Waals surface area contributed by atoms with Gasteiger partial charge in [0.05, 0.1) is 0 Å². The second-order valence-corrected chi connectivity index (χ2v) is 13.6. The fourth-order valence-corrected chi connectivity index (χ4v) is 15.5. The summed E-state index contributed by atoms with van der Waals surface area (Å²) in [6.07, 6.45) is 0. The quantitative estimate of drug-likeness (QED) is 0.444. The Morgan fingerprint density at radius 3 is 0.654 bits per heavy atom. The van der Waals surface area contributed by atoms with E-state index in [4.69, 9.17) is 0 Å². The molecule has 7 rings (SSSR count). The van der Waals surface area contributed by atoms with E-state index in [2.05, 4.69) is 83.1 Å². The summed E-state index contributed by atoms with van der Waals surface area (Å²) in [5, 5.41) is 0. The molecular weight excluding hydrogens is 312 g/mol. The SMILES string of the molecule is CC1C2C3C(C)C4(C)C(C)(C3C)C3(C)C5(C)C(C)(C2C)C1(C)C5(C)C43C. The zero-order valence-corrected chi connectivity index (χ0v) is 19.5. The first-order chi connectivity index (χ1) is 11.6. The van der Waals surface area contributed by atoms with Crippen LogP contribution in [0.25, 0.3) is 0 Å². The van der Waals surface area contributed by atoms with Crippen LogP contribution in [0, 0.1) is 78.8 Å². The predicted molar refractivity (Wildman–Crippen MR) is 108 cm³/mol. The van der Waals surface area contributed by atoms with Crippen LogP contribution in [0.1, 0.15) is 83.1 Å². The van der Waals surface area contributed by atoms with Crippen molar-refractivity contribution < 1.29 is 0 Å². The molecule has 0 spiro atoms. The lowest BCUT2D eigenvalue weighted by Crippen LogP contribution is -3.04. The molecule has 7 aliphatic rings. The van der Waals surface area contributed by atoms with E-state index in [1.807, 2.05) is 0 Å². The van der Waals surface area contributed by atoms with Gasteiger partial charge in [0.1, 0.15) is 0 Å². The third kappa shape index (κ3) is 0.707. The van der Waals surface area contributed by atoms with Crippen molar-refractivity contribution in [1.29, 1.82) is 0 Å². The van der Waals surface area contributed by atoms with Gasteiger partial charge in [-0.1, -0.05) is 83.1 Å². The average molecular weight is 355 g/mol. The summed E-state index contributed by atoms with van der Waals surface area (Å²) in [7, 11) is 0. The highest BCUT2D eigenvalue weighted by Gasteiger charge is 3.11. The Bertz CT molecular complexity index is 652. The van der Waals surface area contributed by atoms with Crippen molar-refractivity contribution in [3.8, 4) is 0 Å². The highest BCUT2D eigenvalue weighted by atomic mass is 15.1. The first-order valence-electron chi connectivity index (χ1n) is 11.6. The molecule has 0 heterocycles. The number of rotatable bonds is 0. The van der Waals surface area contributed by atoms with Crippen molar-refractivity contribution in [3.63, 3.8) is 0 Å². The molecule has 0 radical (unpaired) electrons. The van der Waals surface area contributed by atoms with Crippen LogP contribution >= 0.6 is 0 Å². The molecule has 0 heteroatoms. The third-order valence-electron chi connectivity index (χ3n) is 16.7. The van der Waals surface area contributed by atoms with E-state index in [-0.39, 0.29) is 0 Å². The zero-order chi connectivity index (χ0) is 19.5. The molecule has 0 amide bonds. The molecule has 0 nitrogen and oxygen atoms in total. The molecule has 8 atom stereocenters. The predicted octanol–water partition coefficient (Wildman–Crippen LogP) is 6.90. The van der Waals surface area contributed by atoms with Crippen LogP contribution in [0.2, 0.25) is 0 Å².